The van der Waals surface area contributed by atoms with Crippen LogP contribution in [0.3, 0.4) is 0 Å². The van der Waals surface area contributed by atoms with Gasteiger partial charge >= 0.3 is 64.5 Å². The van der Waals surface area contributed by atoms with Gasteiger partial charge in [0, 0.05) is 13.1 Å². The first-order valence-corrected chi connectivity index (χ1v) is 5.27. The van der Waals surface area contributed by atoms with Crippen molar-refractivity contribution in [3.8, 4) is 0 Å². The van der Waals surface area contributed by atoms with Crippen molar-refractivity contribution in [2.75, 3.05) is 13.1 Å². The standard InChI is InChI=1S/C9H16BF3NO2.K/c1-9(2,3)16-8(15)14-5-4-7(6-14)10(11,12)13;/h7H,4-6H2,1-3H3;/q-1;+1/t7-;/m0./s1. The molecule has 0 spiro atoms. The zero-order valence-electron chi connectivity index (χ0n) is 10.7. The Hall–Kier alpha value is 0.761. The third-order valence-electron chi connectivity index (χ3n) is 2.41. The SMILES string of the molecule is CC(C)(C)OC(=O)N1CC[C@H]([B-](F)(F)F)C1.[K+]. The van der Waals surface area contributed by atoms with Crippen LogP contribution in [0.1, 0.15) is 27.2 Å². The average Bonchev–Trinajstić information content (AvgIpc) is 2.46. The van der Waals surface area contributed by atoms with E-state index in [-0.39, 0.29) is 70.9 Å². The van der Waals surface area contributed by atoms with Gasteiger partial charge < -0.3 is 22.6 Å². The molecule has 0 aromatic rings. The molecule has 1 fully saturated rings. The Kier molecular flexibility index (Phi) is 6.56. The number of carbonyl (C=O) groups excluding carboxylic acids is 1. The zero-order chi connectivity index (χ0) is 12.6. The summed E-state index contributed by atoms with van der Waals surface area (Å²) in [5.41, 5.74) is -0.668. The molecule has 8 heteroatoms. The Morgan fingerprint density at radius 1 is 1.35 bits per heavy atom. The molecule has 1 amide bonds. The number of hydrogen-bond donors (Lipinski definition) is 0. The van der Waals surface area contributed by atoms with E-state index in [0.717, 1.165) is 4.90 Å². The van der Waals surface area contributed by atoms with E-state index in [0.29, 0.717) is 0 Å². The van der Waals surface area contributed by atoms with Crippen molar-refractivity contribution >= 4 is 13.1 Å². The number of nitrogens with zero attached hydrogens (tertiary/aromatic N) is 1. The fourth-order valence-corrected chi connectivity index (χ4v) is 1.59. The van der Waals surface area contributed by atoms with Gasteiger partial charge in [0.05, 0.1) is 0 Å². The molecule has 0 aliphatic carbocycles. The first-order chi connectivity index (χ1) is 7.09. The van der Waals surface area contributed by atoms with Crippen molar-refractivity contribution in [1.29, 1.82) is 0 Å². The van der Waals surface area contributed by atoms with Crippen molar-refractivity contribution in [2.45, 2.75) is 38.6 Å². The van der Waals surface area contributed by atoms with Crippen molar-refractivity contribution in [3.63, 3.8) is 0 Å². The number of hydrogen-bond acceptors (Lipinski definition) is 2. The topological polar surface area (TPSA) is 29.5 Å². The molecule has 1 rings (SSSR count). The smallest absolute Gasteiger partial charge is 0.449 e. The van der Waals surface area contributed by atoms with Crippen LogP contribution in [0.4, 0.5) is 17.7 Å². The molecule has 0 aromatic heterocycles. The van der Waals surface area contributed by atoms with Crippen LogP contribution in [0.25, 0.3) is 0 Å². The minimum Gasteiger partial charge on any atom is -0.449 e. The van der Waals surface area contributed by atoms with Crippen molar-refractivity contribution in [1.82, 2.24) is 4.90 Å². The average molecular weight is 277 g/mol. The van der Waals surface area contributed by atoms with Crippen LogP contribution >= 0.6 is 0 Å². The quantitative estimate of drug-likeness (QED) is 0.624. The summed E-state index contributed by atoms with van der Waals surface area (Å²) in [4.78, 5) is 12.6. The van der Waals surface area contributed by atoms with Gasteiger partial charge in [-0.15, -0.1) is 0 Å². The number of ether oxygens (including phenoxy) is 1. The zero-order valence-corrected chi connectivity index (χ0v) is 13.8. The van der Waals surface area contributed by atoms with E-state index in [1.165, 1.54) is 0 Å². The molecule has 17 heavy (non-hydrogen) atoms. The maximum atomic E-state index is 12.4. The van der Waals surface area contributed by atoms with E-state index >= 15 is 0 Å². The predicted molar refractivity (Wildman–Crippen MR) is 55.3 cm³/mol. The number of halogens is 3. The van der Waals surface area contributed by atoms with Gasteiger partial charge in [0.1, 0.15) is 5.60 Å². The minimum atomic E-state index is -4.85. The number of rotatable bonds is 1. The van der Waals surface area contributed by atoms with Crippen LogP contribution in [-0.4, -0.2) is 36.7 Å². The maximum Gasteiger partial charge on any atom is 1.00 e. The predicted octanol–water partition coefficient (Wildman–Crippen LogP) is -0.151. The Labute approximate surface area is 142 Å². The van der Waals surface area contributed by atoms with Gasteiger partial charge in [-0.05, 0) is 20.8 Å². The molecule has 0 saturated carbocycles. The number of carbonyl (C=O) groups is 1. The normalized spacial score (nSPS) is 21.1. The summed E-state index contributed by atoms with van der Waals surface area (Å²) in [6, 6.07) is 0. The molecule has 1 aliphatic rings. The van der Waals surface area contributed by atoms with Crippen LogP contribution in [-0.2, 0) is 4.74 Å². The molecule has 3 nitrogen and oxygen atoms in total. The first kappa shape index (κ1) is 17.8. The van der Waals surface area contributed by atoms with Crippen molar-refractivity contribution in [2.24, 2.45) is 0 Å². The van der Waals surface area contributed by atoms with E-state index in [9.17, 15) is 17.7 Å². The molecule has 0 bridgehead atoms. The van der Waals surface area contributed by atoms with Crippen LogP contribution in [0.5, 0.6) is 0 Å². The molecular formula is C9H16BF3KNO2. The summed E-state index contributed by atoms with van der Waals surface area (Å²) in [5.74, 6) is -1.35. The van der Waals surface area contributed by atoms with E-state index in [1.54, 1.807) is 20.8 Å². The summed E-state index contributed by atoms with van der Waals surface area (Å²) in [7, 11) is 0. The summed E-state index contributed by atoms with van der Waals surface area (Å²) >= 11 is 0. The first-order valence-electron chi connectivity index (χ1n) is 5.27. The molecule has 0 aromatic carbocycles. The second-order valence-corrected chi connectivity index (χ2v) is 5.10. The van der Waals surface area contributed by atoms with Crippen LogP contribution in [0.2, 0.25) is 5.82 Å². The maximum absolute atomic E-state index is 12.4. The van der Waals surface area contributed by atoms with Gasteiger partial charge in [-0.3, -0.25) is 0 Å². The summed E-state index contributed by atoms with van der Waals surface area (Å²) < 4.78 is 42.3. The van der Waals surface area contributed by atoms with E-state index < -0.39 is 24.5 Å². The monoisotopic (exact) mass is 277 g/mol. The van der Waals surface area contributed by atoms with Crippen LogP contribution in [0.15, 0.2) is 0 Å². The molecule has 1 saturated heterocycles. The third kappa shape index (κ3) is 5.96. The van der Waals surface area contributed by atoms with Crippen molar-refractivity contribution in [3.05, 3.63) is 0 Å². The van der Waals surface area contributed by atoms with Gasteiger partial charge in [-0.2, -0.15) is 0 Å². The van der Waals surface area contributed by atoms with E-state index in [2.05, 4.69) is 0 Å². The molecule has 0 unspecified atom stereocenters. The van der Waals surface area contributed by atoms with E-state index in [1.807, 2.05) is 0 Å². The fourth-order valence-electron chi connectivity index (χ4n) is 1.59. The van der Waals surface area contributed by atoms with Gasteiger partial charge in [0.15, 0.2) is 0 Å². The molecule has 0 radical (unpaired) electrons. The van der Waals surface area contributed by atoms with Crippen molar-refractivity contribution < 1.29 is 73.9 Å². The third-order valence-corrected chi connectivity index (χ3v) is 2.41. The van der Waals surface area contributed by atoms with E-state index in [4.69, 9.17) is 4.74 Å². The summed E-state index contributed by atoms with van der Waals surface area (Å²) in [6.45, 7) is 0.0674. The van der Waals surface area contributed by atoms with Gasteiger partial charge in [-0.25, -0.2) is 4.79 Å². The largest absolute Gasteiger partial charge is 1.00 e. The second kappa shape index (κ2) is 6.27. The summed E-state index contributed by atoms with van der Waals surface area (Å²) in [5, 5.41) is 0. The summed E-state index contributed by atoms with van der Waals surface area (Å²) in [6.07, 6.45) is -0.669. The number of amides is 1. The molecule has 94 valence electrons. The Bertz CT molecular complexity index is 280. The molecule has 1 heterocycles. The Morgan fingerprint density at radius 3 is 2.24 bits per heavy atom. The van der Waals surface area contributed by atoms with Gasteiger partial charge in [0.25, 0.3) is 0 Å². The minimum absolute atomic E-state index is 0. The van der Waals surface area contributed by atoms with Crippen LogP contribution in [0, 0.1) is 0 Å². The Balaban J connectivity index is 0.00000256. The second-order valence-electron chi connectivity index (χ2n) is 5.10. The molecule has 1 atom stereocenters. The van der Waals surface area contributed by atoms with Gasteiger partial charge in [-0.1, -0.05) is 12.2 Å². The van der Waals surface area contributed by atoms with Crippen LogP contribution < -0.4 is 51.4 Å². The van der Waals surface area contributed by atoms with Gasteiger partial charge in [0.2, 0.25) is 0 Å². The Morgan fingerprint density at radius 2 is 1.88 bits per heavy atom. The number of likely N-dealkylation sites (tertiary alicyclic amines) is 1. The molecule has 0 N–H and O–H groups in total. The molecular weight excluding hydrogens is 261 g/mol. The fraction of sp³-hybridized carbons (Fsp3) is 0.889. The molecule has 1 aliphatic heterocycles.